The Balaban J connectivity index is 2.16. The van der Waals surface area contributed by atoms with Crippen LogP contribution in [0, 0.1) is 0 Å². The lowest BCUT2D eigenvalue weighted by Crippen LogP contribution is -2.05. The van der Waals surface area contributed by atoms with Crippen molar-refractivity contribution in [1.29, 1.82) is 0 Å². The molecule has 0 aliphatic heterocycles. The molecule has 0 aliphatic carbocycles. The zero-order valence-electron chi connectivity index (χ0n) is 12.3. The molecule has 2 aromatic rings. The van der Waals surface area contributed by atoms with Crippen molar-refractivity contribution in [3.8, 4) is 11.5 Å². The van der Waals surface area contributed by atoms with E-state index in [2.05, 4.69) is 0 Å². The van der Waals surface area contributed by atoms with Crippen LogP contribution < -0.4 is 16.2 Å². The van der Waals surface area contributed by atoms with Gasteiger partial charge in [-0.3, -0.25) is 9.59 Å². The van der Waals surface area contributed by atoms with Gasteiger partial charge in [-0.15, -0.1) is 0 Å². The number of nitrogens with two attached hydrogens (primary N) is 2. The molecule has 0 saturated heterocycles. The number of hydrogen-bond donors (Lipinski definition) is 2. The molecular formula is C18H16N2O3. The topological polar surface area (TPSA) is 95.4 Å². The van der Waals surface area contributed by atoms with Crippen LogP contribution in [-0.2, 0) is 9.59 Å². The Bertz CT molecular complexity index is 762. The molecule has 0 bridgehead atoms. The van der Waals surface area contributed by atoms with Gasteiger partial charge in [-0.05, 0) is 35.9 Å². The van der Waals surface area contributed by atoms with E-state index in [-0.39, 0.29) is 0 Å². The first-order chi connectivity index (χ1) is 11.0. The fraction of sp³-hybridized carbons (Fsp3) is 0. The van der Waals surface area contributed by atoms with Gasteiger partial charge in [0.05, 0.1) is 0 Å². The van der Waals surface area contributed by atoms with Crippen LogP contribution in [0.5, 0.6) is 11.5 Å². The Labute approximate surface area is 133 Å². The predicted octanol–water partition coefficient (Wildman–Crippen LogP) is 2.48. The van der Waals surface area contributed by atoms with Gasteiger partial charge < -0.3 is 16.2 Å². The van der Waals surface area contributed by atoms with E-state index in [1.165, 1.54) is 12.2 Å². The van der Waals surface area contributed by atoms with E-state index in [4.69, 9.17) is 16.2 Å². The fourth-order valence-electron chi connectivity index (χ4n) is 1.84. The van der Waals surface area contributed by atoms with Crippen molar-refractivity contribution in [1.82, 2.24) is 0 Å². The van der Waals surface area contributed by atoms with E-state index in [1.807, 2.05) is 18.2 Å². The summed E-state index contributed by atoms with van der Waals surface area (Å²) >= 11 is 0. The van der Waals surface area contributed by atoms with Gasteiger partial charge in [0.25, 0.3) is 0 Å². The molecule has 116 valence electrons. The third-order valence-electron chi connectivity index (χ3n) is 2.89. The third-order valence-corrected chi connectivity index (χ3v) is 2.89. The summed E-state index contributed by atoms with van der Waals surface area (Å²) in [7, 11) is 0. The number of carbonyl (C=O) groups excluding carboxylic acids is 2. The predicted molar refractivity (Wildman–Crippen MR) is 89.4 cm³/mol. The van der Waals surface area contributed by atoms with E-state index in [0.29, 0.717) is 11.5 Å². The molecule has 2 rings (SSSR count). The average molecular weight is 308 g/mol. The Morgan fingerprint density at radius 3 is 2.09 bits per heavy atom. The number of ether oxygens (including phenoxy) is 1. The number of hydrogen-bond acceptors (Lipinski definition) is 3. The highest BCUT2D eigenvalue weighted by Gasteiger charge is 2.02. The second-order valence-corrected chi connectivity index (χ2v) is 4.68. The average Bonchev–Trinajstić information content (AvgIpc) is 2.53. The second kappa shape index (κ2) is 7.61. The van der Waals surface area contributed by atoms with Crippen LogP contribution in [0.4, 0.5) is 0 Å². The summed E-state index contributed by atoms with van der Waals surface area (Å²) in [5, 5.41) is 0. The molecule has 0 aromatic heterocycles. The molecule has 5 nitrogen and oxygen atoms in total. The molecule has 4 N–H and O–H groups in total. The van der Waals surface area contributed by atoms with Gasteiger partial charge in [0, 0.05) is 17.7 Å². The van der Waals surface area contributed by atoms with Gasteiger partial charge in [-0.1, -0.05) is 30.3 Å². The molecule has 5 heteroatoms. The van der Waals surface area contributed by atoms with Crippen LogP contribution in [0.15, 0.2) is 60.7 Å². The largest absolute Gasteiger partial charge is 0.457 e. The van der Waals surface area contributed by atoms with Gasteiger partial charge >= 0.3 is 0 Å². The Morgan fingerprint density at radius 2 is 1.43 bits per heavy atom. The Kier molecular flexibility index (Phi) is 5.30. The number of rotatable bonds is 6. The zero-order valence-corrected chi connectivity index (χ0v) is 12.3. The van der Waals surface area contributed by atoms with Crippen molar-refractivity contribution in [3.05, 3.63) is 71.8 Å². The first-order valence-corrected chi connectivity index (χ1v) is 6.86. The fourth-order valence-corrected chi connectivity index (χ4v) is 1.84. The van der Waals surface area contributed by atoms with Gasteiger partial charge in [0.15, 0.2) is 0 Å². The lowest BCUT2D eigenvalue weighted by atomic mass is 10.1. The first kappa shape index (κ1) is 16.0. The SMILES string of the molecule is NC(=O)/C=C\c1ccc(Oc2ccccc2/C=C\C(N)=O)cc1. The molecule has 0 spiro atoms. The molecule has 23 heavy (non-hydrogen) atoms. The summed E-state index contributed by atoms with van der Waals surface area (Å²) in [5.74, 6) is 0.206. The monoisotopic (exact) mass is 308 g/mol. The number of amides is 2. The standard InChI is InChI=1S/C18H16N2O3/c19-17(21)11-7-13-5-9-15(10-6-13)23-16-4-2-1-3-14(16)8-12-18(20)22/h1-12H,(H2,19,21)(H2,20,22)/b11-7-,12-8-. The smallest absolute Gasteiger partial charge is 0.241 e. The van der Waals surface area contributed by atoms with Crippen molar-refractivity contribution >= 4 is 24.0 Å². The van der Waals surface area contributed by atoms with E-state index in [1.54, 1.807) is 42.5 Å². The number of para-hydroxylation sites is 1. The molecule has 0 aliphatic rings. The van der Waals surface area contributed by atoms with Crippen LogP contribution in [-0.4, -0.2) is 11.8 Å². The summed E-state index contributed by atoms with van der Waals surface area (Å²) in [4.78, 5) is 21.5. The number of primary amides is 2. The van der Waals surface area contributed by atoms with Crippen molar-refractivity contribution in [3.63, 3.8) is 0 Å². The van der Waals surface area contributed by atoms with Crippen LogP contribution in [0.2, 0.25) is 0 Å². The third kappa shape index (κ3) is 5.17. The van der Waals surface area contributed by atoms with Gasteiger partial charge in [-0.25, -0.2) is 0 Å². The van der Waals surface area contributed by atoms with Crippen molar-refractivity contribution in [2.45, 2.75) is 0 Å². The molecular weight excluding hydrogens is 292 g/mol. The summed E-state index contributed by atoms with van der Waals surface area (Å²) < 4.78 is 5.80. The lowest BCUT2D eigenvalue weighted by molar-refractivity contribution is -0.114. The normalized spacial score (nSPS) is 11.0. The second-order valence-electron chi connectivity index (χ2n) is 4.68. The molecule has 0 saturated carbocycles. The van der Waals surface area contributed by atoms with Crippen LogP contribution in [0.3, 0.4) is 0 Å². The minimum atomic E-state index is -0.523. The Hall–Kier alpha value is -3.34. The summed E-state index contributed by atoms with van der Waals surface area (Å²) in [6, 6.07) is 14.4. The number of benzene rings is 2. The highest BCUT2D eigenvalue weighted by atomic mass is 16.5. The van der Waals surface area contributed by atoms with Gasteiger partial charge in [0.1, 0.15) is 11.5 Å². The highest BCUT2D eigenvalue weighted by molar-refractivity contribution is 5.91. The molecule has 2 amide bonds. The molecule has 0 atom stereocenters. The first-order valence-electron chi connectivity index (χ1n) is 6.86. The van der Waals surface area contributed by atoms with Crippen LogP contribution >= 0.6 is 0 Å². The quantitative estimate of drug-likeness (QED) is 0.802. The molecule has 0 fully saturated rings. The summed E-state index contributed by atoms with van der Waals surface area (Å²) in [5.41, 5.74) is 11.7. The number of carbonyl (C=O) groups is 2. The van der Waals surface area contributed by atoms with E-state index < -0.39 is 11.8 Å². The summed E-state index contributed by atoms with van der Waals surface area (Å²) in [6.45, 7) is 0. The molecule has 0 radical (unpaired) electrons. The van der Waals surface area contributed by atoms with E-state index in [9.17, 15) is 9.59 Å². The highest BCUT2D eigenvalue weighted by Crippen LogP contribution is 2.26. The van der Waals surface area contributed by atoms with Crippen molar-refractivity contribution in [2.24, 2.45) is 11.5 Å². The van der Waals surface area contributed by atoms with Crippen LogP contribution in [0.25, 0.3) is 12.2 Å². The maximum Gasteiger partial charge on any atom is 0.241 e. The van der Waals surface area contributed by atoms with E-state index in [0.717, 1.165) is 11.1 Å². The maximum absolute atomic E-state index is 10.8. The lowest BCUT2D eigenvalue weighted by Gasteiger charge is -2.09. The van der Waals surface area contributed by atoms with Gasteiger partial charge in [0.2, 0.25) is 11.8 Å². The molecule has 2 aromatic carbocycles. The Morgan fingerprint density at radius 1 is 0.826 bits per heavy atom. The van der Waals surface area contributed by atoms with Gasteiger partial charge in [-0.2, -0.15) is 0 Å². The minimum absolute atomic E-state index is 0.500. The minimum Gasteiger partial charge on any atom is -0.457 e. The van der Waals surface area contributed by atoms with Crippen molar-refractivity contribution < 1.29 is 14.3 Å². The molecule has 0 heterocycles. The summed E-state index contributed by atoms with van der Waals surface area (Å²) in [6.07, 6.45) is 5.79. The van der Waals surface area contributed by atoms with Crippen LogP contribution in [0.1, 0.15) is 11.1 Å². The maximum atomic E-state index is 10.8. The zero-order chi connectivity index (χ0) is 16.7. The van der Waals surface area contributed by atoms with E-state index >= 15 is 0 Å². The van der Waals surface area contributed by atoms with Crippen molar-refractivity contribution in [2.75, 3.05) is 0 Å². The molecule has 0 unspecified atom stereocenters.